The van der Waals surface area contributed by atoms with Crippen LogP contribution in [0.4, 0.5) is 0 Å². The number of likely N-dealkylation sites (N-methyl/N-ethyl adjacent to an activating group) is 1. The van der Waals surface area contributed by atoms with E-state index in [1.165, 1.54) is 6.42 Å². The Morgan fingerprint density at radius 2 is 1.74 bits per heavy atom. The molecular weight excluding hydrogens is 260 g/mol. The molecule has 19 heavy (non-hydrogen) atoms. The van der Waals surface area contributed by atoms with E-state index in [2.05, 4.69) is 6.92 Å². The molecule has 2 fully saturated rings. The van der Waals surface area contributed by atoms with Gasteiger partial charge in [0.1, 0.15) is 0 Å². The fourth-order valence-electron chi connectivity index (χ4n) is 3.51. The SMILES string of the molecule is CCC1CCC(CN)(N(CC)S(=O)(=O)C2CC2)CC1. The van der Waals surface area contributed by atoms with Crippen LogP contribution < -0.4 is 5.73 Å². The number of sulfonamides is 1. The van der Waals surface area contributed by atoms with Crippen molar-refractivity contribution in [3.05, 3.63) is 0 Å². The van der Waals surface area contributed by atoms with Crippen LogP contribution in [0.1, 0.15) is 58.8 Å². The maximum atomic E-state index is 12.6. The van der Waals surface area contributed by atoms with Gasteiger partial charge in [-0.05, 0) is 44.4 Å². The Hall–Kier alpha value is -0.130. The fraction of sp³-hybridized carbons (Fsp3) is 1.00. The maximum absolute atomic E-state index is 12.6. The summed E-state index contributed by atoms with van der Waals surface area (Å²) in [6.07, 6.45) is 6.95. The van der Waals surface area contributed by atoms with E-state index in [-0.39, 0.29) is 10.8 Å². The first kappa shape index (κ1) is 15.3. The minimum Gasteiger partial charge on any atom is -0.329 e. The smallest absolute Gasteiger partial charge is 0.217 e. The van der Waals surface area contributed by atoms with E-state index in [1.807, 2.05) is 6.92 Å². The number of hydrogen-bond acceptors (Lipinski definition) is 3. The molecule has 0 spiro atoms. The lowest BCUT2D eigenvalue weighted by atomic mass is 9.75. The van der Waals surface area contributed by atoms with E-state index in [4.69, 9.17) is 5.73 Å². The molecular formula is C14H28N2O2S. The van der Waals surface area contributed by atoms with Gasteiger partial charge in [0.15, 0.2) is 0 Å². The zero-order chi connectivity index (χ0) is 14.1. The molecule has 0 saturated heterocycles. The van der Waals surface area contributed by atoms with Crippen molar-refractivity contribution in [1.82, 2.24) is 4.31 Å². The molecule has 0 heterocycles. The van der Waals surface area contributed by atoms with Crippen LogP contribution in [-0.2, 0) is 10.0 Å². The minimum atomic E-state index is -3.12. The average molecular weight is 288 g/mol. The second-order valence-electron chi connectivity index (χ2n) is 6.19. The van der Waals surface area contributed by atoms with Crippen LogP contribution in [0.15, 0.2) is 0 Å². The van der Waals surface area contributed by atoms with Gasteiger partial charge in [0.25, 0.3) is 0 Å². The summed E-state index contributed by atoms with van der Waals surface area (Å²) in [6.45, 7) is 5.19. The molecule has 2 saturated carbocycles. The highest BCUT2D eigenvalue weighted by molar-refractivity contribution is 7.90. The Morgan fingerprint density at radius 1 is 1.16 bits per heavy atom. The van der Waals surface area contributed by atoms with Gasteiger partial charge < -0.3 is 5.73 Å². The van der Waals surface area contributed by atoms with Crippen LogP contribution in [-0.4, -0.2) is 36.6 Å². The largest absolute Gasteiger partial charge is 0.329 e. The van der Waals surface area contributed by atoms with Crippen molar-refractivity contribution >= 4 is 10.0 Å². The van der Waals surface area contributed by atoms with E-state index in [0.29, 0.717) is 13.1 Å². The lowest BCUT2D eigenvalue weighted by Gasteiger charge is -2.46. The first-order chi connectivity index (χ1) is 9.00. The number of nitrogens with two attached hydrogens (primary N) is 1. The van der Waals surface area contributed by atoms with Gasteiger partial charge in [-0.3, -0.25) is 0 Å². The van der Waals surface area contributed by atoms with Crippen molar-refractivity contribution in [3.8, 4) is 0 Å². The Kier molecular flexibility index (Phi) is 4.58. The van der Waals surface area contributed by atoms with Crippen LogP contribution in [0, 0.1) is 5.92 Å². The molecule has 112 valence electrons. The van der Waals surface area contributed by atoms with Crippen LogP contribution in [0.5, 0.6) is 0 Å². The van der Waals surface area contributed by atoms with Crippen molar-refractivity contribution in [2.45, 2.75) is 69.6 Å². The molecule has 0 aromatic carbocycles. The van der Waals surface area contributed by atoms with Gasteiger partial charge >= 0.3 is 0 Å². The van der Waals surface area contributed by atoms with Gasteiger partial charge in [0.05, 0.1) is 5.25 Å². The molecule has 2 aliphatic rings. The molecule has 0 aromatic rings. The molecule has 0 bridgehead atoms. The van der Waals surface area contributed by atoms with Crippen molar-refractivity contribution in [2.75, 3.05) is 13.1 Å². The van der Waals surface area contributed by atoms with Crippen molar-refractivity contribution in [2.24, 2.45) is 11.7 Å². The highest BCUT2D eigenvalue weighted by Crippen LogP contribution is 2.42. The quantitative estimate of drug-likeness (QED) is 0.814. The highest BCUT2D eigenvalue weighted by Gasteiger charge is 2.49. The molecule has 0 radical (unpaired) electrons. The number of hydrogen-bond donors (Lipinski definition) is 1. The normalized spacial score (nSPS) is 32.7. The zero-order valence-electron chi connectivity index (χ0n) is 12.3. The minimum absolute atomic E-state index is 0.125. The number of nitrogens with zero attached hydrogens (tertiary/aromatic N) is 1. The third-order valence-corrected chi connectivity index (χ3v) is 7.64. The lowest BCUT2D eigenvalue weighted by Crippen LogP contribution is -2.58. The second kappa shape index (κ2) is 5.70. The van der Waals surface area contributed by atoms with E-state index in [1.54, 1.807) is 4.31 Å². The fourth-order valence-corrected chi connectivity index (χ4v) is 5.76. The Balaban J connectivity index is 2.19. The summed E-state index contributed by atoms with van der Waals surface area (Å²) >= 11 is 0. The molecule has 2 N–H and O–H groups in total. The summed E-state index contributed by atoms with van der Waals surface area (Å²) in [7, 11) is -3.12. The molecule has 0 atom stereocenters. The third-order valence-electron chi connectivity index (χ3n) is 5.06. The Morgan fingerprint density at radius 3 is 2.11 bits per heavy atom. The molecule has 0 unspecified atom stereocenters. The van der Waals surface area contributed by atoms with Gasteiger partial charge in [-0.25, -0.2) is 8.42 Å². The summed E-state index contributed by atoms with van der Waals surface area (Å²) in [5, 5.41) is -0.125. The molecule has 2 aliphatic carbocycles. The molecule has 0 aliphatic heterocycles. The Bertz CT molecular complexity index is 396. The van der Waals surface area contributed by atoms with E-state index >= 15 is 0 Å². The summed E-state index contributed by atoms with van der Waals surface area (Å²) in [6, 6.07) is 0. The molecule has 0 amide bonds. The van der Waals surface area contributed by atoms with Crippen LogP contribution in [0.25, 0.3) is 0 Å². The summed E-state index contributed by atoms with van der Waals surface area (Å²) in [5.74, 6) is 0.752. The van der Waals surface area contributed by atoms with Gasteiger partial charge in [0.2, 0.25) is 10.0 Å². The Labute approximate surface area is 117 Å². The van der Waals surface area contributed by atoms with E-state index < -0.39 is 10.0 Å². The predicted molar refractivity (Wildman–Crippen MR) is 78.4 cm³/mol. The summed E-state index contributed by atoms with van der Waals surface area (Å²) in [5.41, 5.74) is 5.71. The lowest BCUT2D eigenvalue weighted by molar-refractivity contribution is 0.114. The molecule has 5 heteroatoms. The zero-order valence-corrected chi connectivity index (χ0v) is 13.1. The number of rotatable bonds is 6. The predicted octanol–water partition coefficient (Wildman–Crippen LogP) is 2.10. The van der Waals surface area contributed by atoms with Crippen LogP contribution >= 0.6 is 0 Å². The topological polar surface area (TPSA) is 63.4 Å². The van der Waals surface area contributed by atoms with E-state index in [9.17, 15) is 8.42 Å². The molecule has 2 rings (SSSR count). The van der Waals surface area contributed by atoms with E-state index in [0.717, 1.165) is 44.4 Å². The average Bonchev–Trinajstić information content (AvgIpc) is 3.24. The van der Waals surface area contributed by atoms with Crippen molar-refractivity contribution < 1.29 is 8.42 Å². The van der Waals surface area contributed by atoms with Crippen LogP contribution in [0.2, 0.25) is 0 Å². The van der Waals surface area contributed by atoms with Crippen molar-refractivity contribution in [1.29, 1.82) is 0 Å². The van der Waals surface area contributed by atoms with Gasteiger partial charge in [-0.15, -0.1) is 0 Å². The highest BCUT2D eigenvalue weighted by atomic mass is 32.2. The summed E-state index contributed by atoms with van der Waals surface area (Å²) < 4.78 is 27.0. The second-order valence-corrected chi connectivity index (χ2v) is 8.33. The van der Waals surface area contributed by atoms with Gasteiger partial charge in [-0.2, -0.15) is 4.31 Å². The summed E-state index contributed by atoms with van der Waals surface area (Å²) in [4.78, 5) is 0. The first-order valence-corrected chi connectivity index (χ1v) is 9.22. The van der Waals surface area contributed by atoms with Crippen LogP contribution in [0.3, 0.4) is 0 Å². The monoisotopic (exact) mass is 288 g/mol. The third kappa shape index (κ3) is 2.83. The first-order valence-electron chi connectivity index (χ1n) is 7.72. The molecule has 4 nitrogen and oxygen atoms in total. The standard InChI is InChI=1S/C14H28N2O2S/c1-3-12-7-9-14(11-15,10-8-12)16(4-2)19(17,18)13-5-6-13/h12-13H,3-11,15H2,1-2H3. The van der Waals surface area contributed by atoms with Gasteiger partial charge in [0, 0.05) is 18.6 Å². The molecule has 0 aromatic heterocycles. The maximum Gasteiger partial charge on any atom is 0.217 e. The van der Waals surface area contributed by atoms with Crippen molar-refractivity contribution in [3.63, 3.8) is 0 Å². The van der Waals surface area contributed by atoms with Gasteiger partial charge in [-0.1, -0.05) is 20.3 Å².